The summed E-state index contributed by atoms with van der Waals surface area (Å²) < 4.78 is 0.651. The van der Waals surface area contributed by atoms with Crippen LogP contribution in [0.25, 0.3) is 0 Å². The molecule has 0 saturated carbocycles. The molecule has 0 aromatic heterocycles. The number of phenols is 1. The van der Waals surface area contributed by atoms with Crippen molar-refractivity contribution in [3.8, 4) is 5.75 Å². The molecule has 0 atom stereocenters. The molecule has 0 spiro atoms. The number of carbonyl (C=O) groups excluding carboxylic acids is 1. The van der Waals surface area contributed by atoms with Crippen molar-refractivity contribution in [1.29, 1.82) is 0 Å². The highest BCUT2D eigenvalue weighted by Crippen LogP contribution is 2.23. The quantitative estimate of drug-likeness (QED) is 0.584. The minimum absolute atomic E-state index is 0.0942. The van der Waals surface area contributed by atoms with Crippen LogP contribution in [-0.2, 0) is 6.54 Å². The molecule has 0 radical (unpaired) electrons. The SMILES string of the molecule is Nc1ccc(O)c(CNC(=O)c2ccc(Cl)c(Br)c2)c1. The van der Waals surface area contributed by atoms with Crippen molar-refractivity contribution >= 4 is 39.1 Å². The lowest BCUT2D eigenvalue weighted by molar-refractivity contribution is 0.0950. The normalized spacial score (nSPS) is 10.3. The Labute approximate surface area is 129 Å². The van der Waals surface area contributed by atoms with Crippen LogP contribution < -0.4 is 11.1 Å². The van der Waals surface area contributed by atoms with E-state index in [9.17, 15) is 9.90 Å². The molecular formula is C14H12BrClN2O2. The fourth-order valence-corrected chi connectivity index (χ4v) is 2.16. The van der Waals surface area contributed by atoms with Crippen molar-refractivity contribution in [2.24, 2.45) is 0 Å². The van der Waals surface area contributed by atoms with Crippen molar-refractivity contribution in [1.82, 2.24) is 5.32 Å². The van der Waals surface area contributed by atoms with E-state index in [4.69, 9.17) is 17.3 Å². The fraction of sp³-hybridized carbons (Fsp3) is 0.0714. The molecule has 1 amide bonds. The summed E-state index contributed by atoms with van der Waals surface area (Å²) in [5, 5.41) is 12.9. The van der Waals surface area contributed by atoms with E-state index in [0.29, 0.717) is 26.3 Å². The third kappa shape index (κ3) is 3.43. The van der Waals surface area contributed by atoms with Crippen LogP contribution in [0.15, 0.2) is 40.9 Å². The molecule has 2 aromatic carbocycles. The van der Waals surface area contributed by atoms with E-state index >= 15 is 0 Å². The summed E-state index contributed by atoms with van der Waals surface area (Å²) in [5.41, 5.74) is 7.20. The summed E-state index contributed by atoms with van der Waals surface area (Å²) in [6.07, 6.45) is 0. The second-order valence-corrected chi connectivity index (χ2v) is 5.46. The third-order valence-electron chi connectivity index (χ3n) is 2.72. The lowest BCUT2D eigenvalue weighted by atomic mass is 10.1. The van der Waals surface area contributed by atoms with Crippen molar-refractivity contribution in [2.45, 2.75) is 6.54 Å². The average molecular weight is 356 g/mol. The first-order valence-corrected chi connectivity index (χ1v) is 6.95. The molecule has 0 aliphatic heterocycles. The molecule has 0 saturated heterocycles. The van der Waals surface area contributed by atoms with E-state index in [1.165, 1.54) is 6.07 Å². The summed E-state index contributed by atoms with van der Waals surface area (Å²) in [7, 11) is 0. The number of amides is 1. The maximum Gasteiger partial charge on any atom is 0.251 e. The fourth-order valence-electron chi connectivity index (χ4n) is 1.66. The van der Waals surface area contributed by atoms with Crippen LogP contribution in [0.5, 0.6) is 5.75 Å². The van der Waals surface area contributed by atoms with Gasteiger partial charge in [-0.3, -0.25) is 4.79 Å². The van der Waals surface area contributed by atoms with Gasteiger partial charge in [-0.1, -0.05) is 11.6 Å². The van der Waals surface area contributed by atoms with Gasteiger partial charge >= 0.3 is 0 Å². The highest BCUT2D eigenvalue weighted by Gasteiger charge is 2.09. The molecule has 0 aliphatic carbocycles. The molecule has 2 rings (SSSR count). The minimum Gasteiger partial charge on any atom is -0.508 e. The molecule has 0 fully saturated rings. The van der Waals surface area contributed by atoms with Gasteiger partial charge in [-0.05, 0) is 52.3 Å². The molecule has 20 heavy (non-hydrogen) atoms. The smallest absolute Gasteiger partial charge is 0.251 e. The van der Waals surface area contributed by atoms with Crippen LogP contribution >= 0.6 is 27.5 Å². The molecule has 0 aliphatic rings. The number of rotatable bonds is 3. The third-order valence-corrected chi connectivity index (χ3v) is 3.94. The zero-order valence-electron chi connectivity index (χ0n) is 10.4. The minimum atomic E-state index is -0.260. The standard InChI is InChI=1S/C14H12BrClN2O2/c15-11-6-8(1-3-12(11)16)14(20)18-7-9-5-10(17)2-4-13(9)19/h1-6,19H,7,17H2,(H,18,20). The van der Waals surface area contributed by atoms with E-state index in [0.717, 1.165) is 0 Å². The first-order chi connectivity index (χ1) is 9.47. The summed E-state index contributed by atoms with van der Waals surface area (Å²) in [6.45, 7) is 0.190. The van der Waals surface area contributed by atoms with Crippen LogP contribution in [0, 0.1) is 0 Å². The number of phenolic OH excluding ortho intramolecular Hbond substituents is 1. The van der Waals surface area contributed by atoms with Gasteiger partial charge in [0, 0.05) is 27.8 Å². The van der Waals surface area contributed by atoms with Crippen molar-refractivity contribution in [3.63, 3.8) is 0 Å². The maximum absolute atomic E-state index is 12.0. The molecule has 0 heterocycles. The number of halogens is 2. The number of nitrogens with two attached hydrogens (primary N) is 1. The first kappa shape index (κ1) is 14.7. The molecule has 0 bridgehead atoms. The summed E-state index contributed by atoms with van der Waals surface area (Å²) >= 11 is 9.13. The van der Waals surface area contributed by atoms with Gasteiger partial charge in [0.2, 0.25) is 0 Å². The number of benzene rings is 2. The monoisotopic (exact) mass is 354 g/mol. The number of hydrogen-bond donors (Lipinski definition) is 3. The van der Waals surface area contributed by atoms with E-state index in [-0.39, 0.29) is 18.2 Å². The van der Waals surface area contributed by atoms with Gasteiger partial charge in [0.15, 0.2) is 0 Å². The highest BCUT2D eigenvalue weighted by atomic mass is 79.9. The molecule has 0 unspecified atom stereocenters. The van der Waals surface area contributed by atoms with Crippen LogP contribution in [0.1, 0.15) is 15.9 Å². The van der Waals surface area contributed by atoms with Gasteiger partial charge in [-0.25, -0.2) is 0 Å². The largest absolute Gasteiger partial charge is 0.508 e. The summed E-state index contributed by atoms with van der Waals surface area (Å²) in [6, 6.07) is 9.61. The number of hydrogen-bond acceptors (Lipinski definition) is 3. The first-order valence-electron chi connectivity index (χ1n) is 5.78. The zero-order chi connectivity index (χ0) is 14.7. The Morgan fingerprint density at radius 2 is 2.05 bits per heavy atom. The number of anilines is 1. The second-order valence-electron chi connectivity index (χ2n) is 4.20. The highest BCUT2D eigenvalue weighted by molar-refractivity contribution is 9.10. The Balaban J connectivity index is 2.08. The Morgan fingerprint density at radius 1 is 1.30 bits per heavy atom. The van der Waals surface area contributed by atoms with Crippen molar-refractivity contribution in [3.05, 3.63) is 57.0 Å². The predicted octanol–water partition coefficient (Wildman–Crippen LogP) is 3.32. The Kier molecular flexibility index (Phi) is 4.52. The Bertz CT molecular complexity index is 662. The summed E-state index contributed by atoms with van der Waals surface area (Å²) in [5.74, 6) is -0.166. The predicted molar refractivity (Wildman–Crippen MR) is 82.8 cm³/mol. The molecule has 4 nitrogen and oxygen atoms in total. The second kappa shape index (κ2) is 6.15. The van der Waals surface area contributed by atoms with Gasteiger partial charge in [0.1, 0.15) is 5.75 Å². The molecule has 6 heteroatoms. The Morgan fingerprint density at radius 3 is 2.75 bits per heavy atom. The zero-order valence-corrected chi connectivity index (χ0v) is 12.7. The number of nitrogen functional groups attached to an aromatic ring is 1. The van der Waals surface area contributed by atoms with Gasteiger partial charge in [-0.2, -0.15) is 0 Å². The Hall–Kier alpha value is -1.72. The van der Waals surface area contributed by atoms with Crippen LogP contribution in [-0.4, -0.2) is 11.0 Å². The van der Waals surface area contributed by atoms with Gasteiger partial charge in [-0.15, -0.1) is 0 Å². The van der Waals surface area contributed by atoms with Crippen molar-refractivity contribution in [2.75, 3.05) is 5.73 Å². The lowest BCUT2D eigenvalue weighted by Crippen LogP contribution is -2.22. The van der Waals surface area contributed by atoms with E-state index in [1.54, 1.807) is 30.3 Å². The average Bonchev–Trinajstić information content (AvgIpc) is 2.42. The number of carbonyl (C=O) groups is 1. The molecule has 104 valence electrons. The van der Waals surface area contributed by atoms with Gasteiger partial charge in [0.25, 0.3) is 5.91 Å². The topological polar surface area (TPSA) is 75.3 Å². The van der Waals surface area contributed by atoms with Gasteiger partial charge in [0.05, 0.1) is 5.02 Å². The summed E-state index contributed by atoms with van der Waals surface area (Å²) in [4.78, 5) is 12.0. The van der Waals surface area contributed by atoms with Crippen LogP contribution in [0.3, 0.4) is 0 Å². The van der Waals surface area contributed by atoms with E-state index < -0.39 is 0 Å². The number of nitrogens with one attached hydrogen (secondary N) is 1. The van der Waals surface area contributed by atoms with Gasteiger partial charge < -0.3 is 16.2 Å². The van der Waals surface area contributed by atoms with E-state index in [1.807, 2.05) is 0 Å². The van der Waals surface area contributed by atoms with Crippen LogP contribution in [0.4, 0.5) is 5.69 Å². The van der Waals surface area contributed by atoms with Crippen LogP contribution in [0.2, 0.25) is 5.02 Å². The van der Waals surface area contributed by atoms with E-state index in [2.05, 4.69) is 21.2 Å². The molecule has 4 N–H and O–H groups in total. The molecule has 2 aromatic rings. The lowest BCUT2D eigenvalue weighted by Gasteiger charge is -2.08. The van der Waals surface area contributed by atoms with Crippen molar-refractivity contribution < 1.29 is 9.90 Å². The maximum atomic E-state index is 12.0. The molecular weight excluding hydrogens is 344 g/mol. The number of aromatic hydroxyl groups is 1.